The molecule has 88 valence electrons. The lowest BCUT2D eigenvalue weighted by molar-refractivity contribution is -0.126. The first-order valence-electron chi connectivity index (χ1n) is 5.48. The summed E-state index contributed by atoms with van der Waals surface area (Å²) in [6.45, 7) is 0.634. The van der Waals surface area contributed by atoms with Crippen molar-refractivity contribution in [1.82, 2.24) is 5.32 Å². The molecule has 0 spiro atoms. The van der Waals surface area contributed by atoms with E-state index in [0.717, 1.165) is 25.7 Å². The van der Waals surface area contributed by atoms with Crippen LogP contribution in [0.2, 0.25) is 0 Å². The van der Waals surface area contributed by atoms with E-state index in [2.05, 4.69) is 5.32 Å². The summed E-state index contributed by atoms with van der Waals surface area (Å²) in [5.74, 6) is 0.716. The Kier molecular flexibility index (Phi) is 4.37. The van der Waals surface area contributed by atoms with Crippen molar-refractivity contribution >= 4 is 18.3 Å². The van der Waals surface area contributed by atoms with Crippen molar-refractivity contribution in [2.45, 2.75) is 37.8 Å². The molecule has 2 saturated carbocycles. The summed E-state index contributed by atoms with van der Waals surface area (Å²) in [6, 6.07) is 0.429. The average Bonchev–Trinajstić information content (AvgIpc) is 2.72. The van der Waals surface area contributed by atoms with Crippen LogP contribution in [-0.2, 0) is 4.79 Å². The molecule has 0 heterocycles. The van der Waals surface area contributed by atoms with Crippen molar-refractivity contribution in [3.63, 3.8) is 0 Å². The lowest BCUT2D eigenvalue weighted by Crippen LogP contribution is -2.38. The number of carbonyl (C=O) groups excluding carboxylic acids is 1. The van der Waals surface area contributed by atoms with Gasteiger partial charge < -0.3 is 16.8 Å². The van der Waals surface area contributed by atoms with Gasteiger partial charge in [-0.05, 0) is 31.7 Å². The van der Waals surface area contributed by atoms with Crippen molar-refractivity contribution in [2.75, 3.05) is 6.54 Å². The fourth-order valence-corrected chi connectivity index (χ4v) is 2.33. The van der Waals surface area contributed by atoms with Crippen LogP contribution in [0, 0.1) is 11.8 Å². The quantitative estimate of drug-likeness (QED) is 0.642. The maximum absolute atomic E-state index is 11.8. The van der Waals surface area contributed by atoms with Crippen LogP contribution in [0.3, 0.4) is 0 Å². The molecule has 0 saturated heterocycles. The Balaban J connectivity index is 0.00000112. The van der Waals surface area contributed by atoms with Gasteiger partial charge in [0.2, 0.25) is 5.91 Å². The van der Waals surface area contributed by atoms with E-state index >= 15 is 0 Å². The Labute approximate surface area is 96.6 Å². The average molecular weight is 234 g/mol. The van der Waals surface area contributed by atoms with Gasteiger partial charge in [0.15, 0.2) is 0 Å². The van der Waals surface area contributed by atoms with Crippen LogP contribution in [0.25, 0.3) is 0 Å². The first kappa shape index (κ1) is 12.7. The van der Waals surface area contributed by atoms with Crippen molar-refractivity contribution in [1.29, 1.82) is 0 Å². The number of hydrogen-bond acceptors (Lipinski definition) is 3. The number of amides is 1. The van der Waals surface area contributed by atoms with Crippen LogP contribution in [0.1, 0.15) is 25.7 Å². The smallest absolute Gasteiger partial charge is 0.223 e. The standard InChI is InChI=1S/C10H19N3O.ClH/c11-5-6-2-1-3-7(6)10(14)13-9-4-8(9)12;/h6-9H,1-5,11-12H2,(H,13,14);1H/t6-,7-,8?,9?;/m1./s1. The molecule has 2 rings (SSSR count). The number of hydrogen-bond donors (Lipinski definition) is 3. The van der Waals surface area contributed by atoms with Crippen molar-refractivity contribution < 1.29 is 4.79 Å². The fraction of sp³-hybridized carbons (Fsp3) is 0.900. The SMILES string of the molecule is Cl.NC[C@H]1CCC[C@H]1C(=O)NC1CC1N. The molecular weight excluding hydrogens is 214 g/mol. The first-order valence-corrected chi connectivity index (χ1v) is 5.48. The second kappa shape index (κ2) is 5.14. The van der Waals surface area contributed by atoms with Gasteiger partial charge in [-0.3, -0.25) is 4.79 Å². The number of nitrogens with one attached hydrogen (secondary N) is 1. The molecule has 5 heteroatoms. The Hall–Kier alpha value is -0.320. The van der Waals surface area contributed by atoms with Crippen LogP contribution >= 0.6 is 12.4 Å². The van der Waals surface area contributed by atoms with Gasteiger partial charge >= 0.3 is 0 Å². The largest absolute Gasteiger partial charge is 0.351 e. The molecule has 4 nitrogen and oxygen atoms in total. The number of carbonyl (C=O) groups is 1. The van der Waals surface area contributed by atoms with E-state index in [1.807, 2.05) is 0 Å². The highest BCUT2D eigenvalue weighted by Crippen LogP contribution is 2.31. The number of nitrogens with two attached hydrogens (primary N) is 2. The van der Waals surface area contributed by atoms with Crippen molar-refractivity contribution in [2.24, 2.45) is 23.3 Å². The highest BCUT2D eigenvalue weighted by molar-refractivity contribution is 5.85. The molecule has 0 aromatic rings. The topological polar surface area (TPSA) is 81.1 Å². The molecule has 1 amide bonds. The van der Waals surface area contributed by atoms with Crippen LogP contribution < -0.4 is 16.8 Å². The van der Waals surface area contributed by atoms with E-state index in [0.29, 0.717) is 12.5 Å². The summed E-state index contributed by atoms with van der Waals surface area (Å²) < 4.78 is 0. The highest BCUT2D eigenvalue weighted by atomic mass is 35.5. The minimum Gasteiger partial charge on any atom is -0.351 e. The van der Waals surface area contributed by atoms with Gasteiger partial charge in [-0.1, -0.05) is 6.42 Å². The Morgan fingerprint density at radius 3 is 2.60 bits per heavy atom. The summed E-state index contributed by atoms with van der Waals surface area (Å²) in [5, 5.41) is 2.99. The predicted octanol–water partition coefficient (Wildman–Crippen LogP) is -0.00100. The van der Waals surface area contributed by atoms with Crippen LogP contribution in [0.4, 0.5) is 0 Å². The van der Waals surface area contributed by atoms with Gasteiger partial charge in [0, 0.05) is 18.0 Å². The van der Waals surface area contributed by atoms with E-state index in [4.69, 9.17) is 11.5 Å². The van der Waals surface area contributed by atoms with E-state index < -0.39 is 0 Å². The molecule has 2 aliphatic rings. The molecule has 15 heavy (non-hydrogen) atoms. The monoisotopic (exact) mass is 233 g/mol. The third-order valence-electron chi connectivity index (χ3n) is 3.47. The van der Waals surface area contributed by atoms with E-state index in [-0.39, 0.29) is 36.3 Å². The molecule has 0 aromatic heterocycles. The van der Waals surface area contributed by atoms with Gasteiger partial charge in [0.25, 0.3) is 0 Å². The number of halogens is 1. The van der Waals surface area contributed by atoms with E-state index in [1.54, 1.807) is 0 Å². The minimum absolute atomic E-state index is 0. The lowest BCUT2D eigenvalue weighted by atomic mass is 9.95. The molecule has 5 N–H and O–H groups in total. The molecule has 4 atom stereocenters. The minimum atomic E-state index is 0. The van der Waals surface area contributed by atoms with E-state index in [9.17, 15) is 4.79 Å². The van der Waals surface area contributed by atoms with Crippen molar-refractivity contribution in [3.05, 3.63) is 0 Å². The number of rotatable bonds is 3. The molecule has 0 bridgehead atoms. The van der Waals surface area contributed by atoms with Crippen LogP contribution in [-0.4, -0.2) is 24.5 Å². The molecule has 0 radical (unpaired) electrons. The third kappa shape index (κ3) is 2.83. The maximum atomic E-state index is 11.8. The van der Waals surface area contributed by atoms with Gasteiger partial charge in [-0.2, -0.15) is 0 Å². The normalized spacial score (nSPS) is 38.3. The zero-order chi connectivity index (χ0) is 10.1. The third-order valence-corrected chi connectivity index (χ3v) is 3.47. The maximum Gasteiger partial charge on any atom is 0.223 e. The second-order valence-corrected chi connectivity index (χ2v) is 4.55. The second-order valence-electron chi connectivity index (χ2n) is 4.55. The Morgan fingerprint density at radius 2 is 2.07 bits per heavy atom. The first-order chi connectivity index (χ1) is 6.72. The van der Waals surface area contributed by atoms with Crippen molar-refractivity contribution in [3.8, 4) is 0 Å². The molecular formula is C10H20ClN3O. The molecule has 2 aliphatic carbocycles. The lowest BCUT2D eigenvalue weighted by Gasteiger charge is -2.17. The molecule has 2 unspecified atom stereocenters. The zero-order valence-electron chi connectivity index (χ0n) is 8.82. The van der Waals surface area contributed by atoms with Crippen LogP contribution in [0.5, 0.6) is 0 Å². The Morgan fingerprint density at radius 1 is 1.40 bits per heavy atom. The van der Waals surface area contributed by atoms with Crippen LogP contribution in [0.15, 0.2) is 0 Å². The van der Waals surface area contributed by atoms with Gasteiger partial charge in [0.05, 0.1) is 0 Å². The Bertz CT molecular complexity index is 237. The fourth-order valence-electron chi connectivity index (χ4n) is 2.33. The molecule has 0 aromatic carbocycles. The summed E-state index contributed by atoms with van der Waals surface area (Å²) in [7, 11) is 0. The van der Waals surface area contributed by atoms with Gasteiger partial charge in [-0.25, -0.2) is 0 Å². The van der Waals surface area contributed by atoms with E-state index in [1.165, 1.54) is 0 Å². The summed E-state index contributed by atoms with van der Waals surface area (Å²) in [4.78, 5) is 11.8. The highest BCUT2D eigenvalue weighted by Gasteiger charge is 2.38. The van der Waals surface area contributed by atoms with Gasteiger partial charge in [0.1, 0.15) is 0 Å². The summed E-state index contributed by atoms with van der Waals surface area (Å²) in [5.41, 5.74) is 11.3. The molecule has 2 fully saturated rings. The molecule has 0 aliphatic heterocycles. The zero-order valence-corrected chi connectivity index (χ0v) is 9.63. The summed E-state index contributed by atoms with van der Waals surface area (Å²) >= 11 is 0. The summed E-state index contributed by atoms with van der Waals surface area (Å²) in [6.07, 6.45) is 4.17. The predicted molar refractivity (Wildman–Crippen MR) is 61.7 cm³/mol. The van der Waals surface area contributed by atoms with Gasteiger partial charge in [-0.15, -0.1) is 12.4 Å².